The van der Waals surface area contributed by atoms with Crippen molar-refractivity contribution in [1.82, 2.24) is 15.2 Å². The van der Waals surface area contributed by atoms with E-state index in [2.05, 4.69) is 39.6 Å². The molecule has 26 heavy (non-hydrogen) atoms. The number of anilines is 1. The number of aromatic amines is 1. The Kier molecular flexibility index (Phi) is 5.68. The number of nitrogens with one attached hydrogen (secondary N) is 2. The van der Waals surface area contributed by atoms with Crippen LogP contribution in [0, 0.1) is 12.7 Å². The first kappa shape index (κ1) is 18.1. The van der Waals surface area contributed by atoms with E-state index < -0.39 is 0 Å². The number of hydrogen-bond acceptors (Lipinski definition) is 4. The van der Waals surface area contributed by atoms with E-state index in [9.17, 15) is 9.18 Å². The lowest BCUT2D eigenvalue weighted by molar-refractivity contribution is -0.113. The van der Waals surface area contributed by atoms with Gasteiger partial charge in [-0.2, -0.15) is 0 Å². The van der Waals surface area contributed by atoms with Gasteiger partial charge in [-0.05, 0) is 36.6 Å². The molecule has 0 spiro atoms. The van der Waals surface area contributed by atoms with Gasteiger partial charge in [-0.15, -0.1) is 5.10 Å². The van der Waals surface area contributed by atoms with Gasteiger partial charge >= 0.3 is 0 Å². The molecule has 134 valence electrons. The van der Waals surface area contributed by atoms with Crippen molar-refractivity contribution in [2.45, 2.75) is 25.4 Å². The fraction of sp³-hybridized carbons (Fsp3) is 0.211. The first-order valence-corrected chi connectivity index (χ1v) is 9.24. The second-order valence-corrected chi connectivity index (χ2v) is 6.76. The summed E-state index contributed by atoms with van der Waals surface area (Å²) >= 11 is 1.22. The molecule has 0 unspecified atom stereocenters. The molecule has 0 aliphatic carbocycles. The molecule has 7 heteroatoms. The van der Waals surface area contributed by atoms with Crippen LogP contribution in [0.2, 0.25) is 0 Å². The van der Waals surface area contributed by atoms with Crippen LogP contribution < -0.4 is 5.32 Å². The maximum atomic E-state index is 13.5. The van der Waals surface area contributed by atoms with Crippen molar-refractivity contribution in [3.63, 3.8) is 0 Å². The lowest BCUT2D eigenvalue weighted by Crippen LogP contribution is -2.14. The van der Waals surface area contributed by atoms with Gasteiger partial charge in [0, 0.05) is 11.3 Å². The standard InChI is InChI=1S/C19H19FN4OS/c1-3-13-5-7-14(8-6-13)18-22-19(24-23-18)26-11-17(25)21-15-9-4-12(2)16(20)10-15/h4-10H,3,11H2,1-2H3,(H,21,25)(H,22,23,24). The van der Waals surface area contributed by atoms with Gasteiger partial charge in [0.1, 0.15) is 5.82 Å². The van der Waals surface area contributed by atoms with Crippen LogP contribution >= 0.6 is 11.8 Å². The van der Waals surface area contributed by atoms with Gasteiger partial charge in [-0.1, -0.05) is 49.0 Å². The molecule has 0 aliphatic heterocycles. The van der Waals surface area contributed by atoms with Crippen molar-refractivity contribution in [3.05, 3.63) is 59.4 Å². The molecular weight excluding hydrogens is 351 g/mol. The fourth-order valence-corrected chi connectivity index (χ4v) is 2.93. The van der Waals surface area contributed by atoms with Crippen LogP contribution in [0.3, 0.4) is 0 Å². The topological polar surface area (TPSA) is 70.7 Å². The minimum absolute atomic E-state index is 0.140. The van der Waals surface area contributed by atoms with Gasteiger partial charge in [0.15, 0.2) is 5.82 Å². The van der Waals surface area contributed by atoms with E-state index >= 15 is 0 Å². The Hall–Kier alpha value is -2.67. The predicted octanol–water partition coefficient (Wildman–Crippen LogP) is 4.21. The highest BCUT2D eigenvalue weighted by Gasteiger charge is 2.10. The van der Waals surface area contributed by atoms with E-state index in [1.807, 2.05) is 12.1 Å². The van der Waals surface area contributed by atoms with Crippen LogP contribution in [0.15, 0.2) is 47.6 Å². The van der Waals surface area contributed by atoms with Crippen LogP contribution in [-0.4, -0.2) is 26.8 Å². The summed E-state index contributed by atoms with van der Waals surface area (Å²) in [5.74, 6) is 0.220. The smallest absolute Gasteiger partial charge is 0.234 e. The van der Waals surface area contributed by atoms with Crippen molar-refractivity contribution < 1.29 is 9.18 Å². The van der Waals surface area contributed by atoms with E-state index in [0.717, 1.165) is 12.0 Å². The number of aryl methyl sites for hydroxylation is 2. The number of H-pyrrole nitrogens is 1. The highest BCUT2D eigenvalue weighted by molar-refractivity contribution is 7.99. The molecule has 0 radical (unpaired) electrons. The number of halogens is 1. The summed E-state index contributed by atoms with van der Waals surface area (Å²) in [4.78, 5) is 16.4. The second kappa shape index (κ2) is 8.14. The number of thioether (sulfide) groups is 1. The van der Waals surface area contributed by atoms with Crippen molar-refractivity contribution in [2.75, 3.05) is 11.1 Å². The molecule has 1 aromatic heterocycles. The maximum Gasteiger partial charge on any atom is 0.234 e. The number of carbonyl (C=O) groups excluding carboxylic acids is 1. The normalized spacial score (nSPS) is 10.7. The molecule has 0 fully saturated rings. The predicted molar refractivity (Wildman–Crippen MR) is 102 cm³/mol. The van der Waals surface area contributed by atoms with Crippen molar-refractivity contribution in [3.8, 4) is 11.4 Å². The van der Waals surface area contributed by atoms with E-state index in [1.54, 1.807) is 19.1 Å². The largest absolute Gasteiger partial charge is 0.325 e. The van der Waals surface area contributed by atoms with Crippen molar-refractivity contribution >= 4 is 23.4 Å². The minimum atomic E-state index is -0.344. The van der Waals surface area contributed by atoms with Gasteiger partial charge in [0.2, 0.25) is 11.1 Å². The van der Waals surface area contributed by atoms with Crippen LogP contribution in [0.25, 0.3) is 11.4 Å². The summed E-state index contributed by atoms with van der Waals surface area (Å²) in [6.45, 7) is 3.78. The fourth-order valence-electron chi connectivity index (χ4n) is 2.34. The summed E-state index contributed by atoms with van der Waals surface area (Å²) in [5, 5.41) is 10.2. The highest BCUT2D eigenvalue weighted by Crippen LogP contribution is 2.20. The van der Waals surface area contributed by atoms with Gasteiger partial charge in [0.25, 0.3) is 0 Å². The number of benzene rings is 2. The highest BCUT2D eigenvalue weighted by atomic mass is 32.2. The SMILES string of the molecule is CCc1ccc(-c2nc(SCC(=O)Nc3ccc(C)c(F)c3)n[nH]2)cc1. The number of carbonyl (C=O) groups is 1. The Morgan fingerprint density at radius 2 is 2.00 bits per heavy atom. The number of amides is 1. The Morgan fingerprint density at radius 1 is 1.23 bits per heavy atom. The molecule has 0 saturated heterocycles. The van der Waals surface area contributed by atoms with E-state index in [-0.39, 0.29) is 17.5 Å². The third-order valence-electron chi connectivity index (χ3n) is 3.89. The first-order valence-electron chi connectivity index (χ1n) is 8.25. The van der Waals surface area contributed by atoms with E-state index in [4.69, 9.17) is 0 Å². The molecule has 5 nitrogen and oxygen atoms in total. The minimum Gasteiger partial charge on any atom is -0.325 e. The molecule has 3 rings (SSSR count). The summed E-state index contributed by atoms with van der Waals surface area (Å²) in [7, 11) is 0. The quantitative estimate of drug-likeness (QED) is 0.638. The molecular formula is C19H19FN4OS. The molecule has 0 atom stereocenters. The van der Waals surface area contributed by atoms with Crippen molar-refractivity contribution in [2.24, 2.45) is 0 Å². The van der Waals surface area contributed by atoms with Gasteiger partial charge in [-0.3, -0.25) is 9.89 Å². The monoisotopic (exact) mass is 370 g/mol. The Morgan fingerprint density at radius 3 is 2.69 bits per heavy atom. The average Bonchev–Trinajstić information content (AvgIpc) is 3.12. The Balaban J connectivity index is 1.56. The number of aromatic nitrogens is 3. The van der Waals surface area contributed by atoms with Crippen molar-refractivity contribution in [1.29, 1.82) is 0 Å². The Bertz CT molecular complexity index is 908. The molecule has 1 amide bonds. The number of rotatable bonds is 6. The molecule has 2 aromatic carbocycles. The molecule has 2 N–H and O–H groups in total. The summed E-state index contributed by atoms with van der Waals surface area (Å²) < 4.78 is 13.5. The van der Waals surface area contributed by atoms with E-state index in [1.165, 1.54) is 23.4 Å². The lowest BCUT2D eigenvalue weighted by atomic mass is 10.1. The number of hydrogen-bond donors (Lipinski definition) is 2. The lowest BCUT2D eigenvalue weighted by Gasteiger charge is -2.05. The van der Waals surface area contributed by atoms with Crippen LogP contribution in [0.4, 0.5) is 10.1 Å². The first-order chi connectivity index (χ1) is 12.5. The van der Waals surface area contributed by atoms with Crippen LogP contribution in [0.5, 0.6) is 0 Å². The maximum absolute atomic E-state index is 13.5. The molecule has 1 heterocycles. The second-order valence-electron chi connectivity index (χ2n) is 5.82. The molecule has 0 aliphatic rings. The van der Waals surface area contributed by atoms with Gasteiger partial charge in [0.05, 0.1) is 5.75 Å². The van der Waals surface area contributed by atoms with Crippen LogP contribution in [-0.2, 0) is 11.2 Å². The third kappa shape index (κ3) is 4.49. The van der Waals surface area contributed by atoms with E-state index in [0.29, 0.717) is 22.2 Å². The summed E-state index contributed by atoms with van der Waals surface area (Å²) in [6.07, 6.45) is 0.984. The summed E-state index contributed by atoms with van der Waals surface area (Å²) in [6, 6.07) is 12.7. The van der Waals surface area contributed by atoms with Gasteiger partial charge < -0.3 is 5.32 Å². The average molecular weight is 370 g/mol. The molecule has 0 saturated carbocycles. The Labute approximate surface area is 155 Å². The molecule has 0 bridgehead atoms. The zero-order valence-corrected chi connectivity index (χ0v) is 15.4. The zero-order valence-electron chi connectivity index (χ0n) is 14.5. The summed E-state index contributed by atoms with van der Waals surface area (Å²) in [5.41, 5.74) is 3.18. The van der Waals surface area contributed by atoms with Crippen LogP contribution in [0.1, 0.15) is 18.1 Å². The third-order valence-corrected chi connectivity index (χ3v) is 4.74. The zero-order chi connectivity index (χ0) is 18.5. The molecule has 3 aromatic rings. The number of nitrogens with zero attached hydrogens (tertiary/aromatic N) is 2. The van der Waals surface area contributed by atoms with Gasteiger partial charge in [-0.25, -0.2) is 9.37 Å².